The molecule has 0 saturated carbocycles. The van der Waals surface area contributed by atoms with Gasteiger partial charge in [-0.1, -0.05) is 13.3 Å². The van der Waals surface area contributed by atoms with Crippen LogP contribution in [-0.2, 0) is 13.1 Å². The molecule has 1 aromatic heterocycles. The molecule has 0 aromatic carbocycles. The van der Waals surface area contributed by atoms with E-state index in [1.165, 1.54) is 12.8 Å². The molecule has 0 saturated heterocycles. The monoisotopic (exact) mass is 209 g/mol. The Morgan fingerprint density at radius 1 is 1.40 bits per heavy atom. The van der Waals surface area contributed by atoms with Crippen LogP contribution < -0.4 is 5.32 Å². The third kappa shape index (κ3) is 3.67. The second-order valence-corrected chi connectivity index (χ2v) is 4.62. The molecule has 3 heteroatoms. The number of aryl methyl sites for hydroxylation is 1. The number of rotatable bonds is 6. The van der Waals surface area contributed by atoms with Crippen LogP contribution in [-0.4, -0.2) is 15.1 Å². The van der Waals surface area contributed by atoms with Gasteiger partial charge in [-0.15, -0.1) is 0 Å². The molecule has 15 heavy (non-hydrogen) atoms. The highest BCUT2D eigenvalue weighted by Crippen LogP contribution is 2.11. The number of nitrogens with zero attached hydrogens (tertiary/aromatic N) is 2. The third-order valence-corrected chi connectivity index (χ3v) is 2.74. The van der Waals surface area contributed by atoms with Crippen LogP contribution in [0.15, 0.2) is 12.4 Å². The Labute approximate surface area is 92.9 Å². The van der Waals surface area contributed by atoms with E-state index in [0.717, 1.165) is 18.9 Å². The van der Waals surface area contributed by atoms with Crippen LogP contribution in [0.25, 0.3) is 0 Å². The van der Waals surface area contributed by atoms with Crippen LogP contribution in [0.4, 0.5) is 0 Å². The van der Waals surface area contributed by atoms with Crippen molar-refractivity contribution in [2.75, 3.05) is 0 Å². The Balaban J connectivity index is 2.49. The first-order valence-electron chi connectivity index (χ1n) is 5.84. The fourth-order valence-corrected chi connectivity index (χ4v) is 1.83. The number of imidazole rings is 1. The van der Waals surface area contributed by atoms with E-state index >= 15 is 0 Å². The highest BCUT2D eigenvalue weighted by molar-refractivity contribution is 4.93. The molecule has 3 nitrogen and oxygen atoms in total. The predicted octanol–water partition coefficient (Wildman–Crippen LogP) is 2.57. The van der Waals surface area contributed by atoms with Gasteiger partial charge >= 0.3 is 0 Å². The number of nitrogens with one attached hydrogen (secondary N) is 1. The Kier molecular flexibility index (Phi) is 4.33. The fraction of sp³-hybridized carbons (Fsp3) is 0.750. The fourth-order valence-electron chi connectivity index (χ4n) is 1.83. The quantitative estimate of drug-likeness (QED) is 0.780. The molecule has 0 aliphatic carbocycles. The molecule has 0 aliphatic heterocycles. The van der Waals surface area contributed by atoms with Crippen molar-refractivity contribution in [1.82, 2.24) is 14.9 Å². The van der Waals surface area contributed by atoms with Crippen molar-refractivity contribution in [3.63, 3.8) is 0 Å². The molecule has 1 N–H and O–H groups in total. The van der Waals surface area contributed by atoms with Gasteiger partial charge < -0.3 is 9.88 Å². The first kappa shape index (κ1) is 12.2. The van der Waals surface area contributed by atoms with E-state index in [0.29, 0.717) is 0 Å². The summed E-state index contributed by atoms with van der Waals surface area (Å²) in [6.07, 6.45) is 6.30. The highest BCUT2D eigenvalue weighted by atomic mass is 15.1. The summed E-state index contributed by atoms with van der Waals surface area (Å²) in [5, 5.41) is 3.55. The lowest BCUT2D eigenvalue weighted by atomic mass is 9.99. The van der Waals surface area contributed by atoms with Crippen molar-refractivity contribution in [1.29, 1.82) is 0 Å². The van der Waals surface area contributed by atoms with Gasteiger partial charge in [0, 0.05) is 24.5 Å². The molecule has 0 radical (unpaired) electrons. The van der Waals surface area contributed by atoms with Crippen molar-refractivity contribution >= 4 is 0 Å². The second kappa shape index (κ2) is 5.31. The van der Waals surface area contributed by atoms with Crippen molar-refractivity contribution in [3.8, 4) is 0 Å². The summed E-state index contributed by atoms with van der Waals surface area (Å²) in [6, 6.07) is 0. The molecule has 0 bridgehead atoms. The maximum atomic E-state index is 4.35. The maximum Gasteiger partial charge on any atom is 0.122 e. The minimum Gasteiger partial charge on any atom is -0.334 e. The smallest absolute Gasteiger partial charge is 0.122 e. The van der Waals surface area contributed by atoms with Gasteiger partial charge in [-0.2, -0.15) is 0 Å². The summed E-state index contributed by atoms with van der Waals surface area (Å²) in [4.78, 5) is 4.35. The molecule has 0 aliphatic rings. The Morgan fingerprint density at radius 3 is 2.73 bits per heavy atom. The van der Waals surface area contributed by atoms with Crippen molar-refractivity contribution in [2.24, 2.45) is 0 Å². The molecule has 1 rings (SSSR count). The van der Waals surface area contributed by atoms with E-state index in [2.05, 4.69) is 42.6 Å². The Bertz CT molecular complexity index is 289. The van der Waals surface area contributed by atoms with E-state index in [9.17, 15) is 0 Å². The van der Waals surface area contributed by atoms with Crippen molar-refractivity contribution in [2.45, 2.75) is 59.2 Å². The van der Waals surface area contributed by atoms with Crippen LogP contribution in [0.1, 0.15) is 46.4 Å². The van der Waals surface area contributed by atoms with Gasteiger partial charge in [-0.05, 0) is 27.2 Å². The van der Waals surface area contributed by atoms with Gasteiger partial charge in [0.25, 0.3) is 0 Å². The summed E-state index contributed by atoms with van der Waals surface area (Å²) in [5.74, 6) is 1.13. The average molecular weight is 209 g/mol. The SMILES string of the molecule is CCCC(C)(C)NCc1nccn1CC. The van der Waals surface area contributed by atoms with Gasteiger partial charge in [0.1, 0.15) is 5.82 Å². The standard InChI is InChI=1S/C12H23N3/c1-5-7-12(3,4)14-10-11-13-8-9-15(11)6-2/h8-9,14H,5-7,10H2,1-4H3. The molecule has 1 aromatic rings. The van der Waals surface area contributed by atoms with Gasteiger partial charge in [0.2, 0.25) is 0 Å². The Hall–Kier alpha value is -0.830. The molecule has 86 valence electrons. The first-order chi connectivity index (χ1) is 7.09. The van der Waals surface area contributed by atoms with Crippen LogP contribution in [0.2, 0.25) is 0 Å². The first-order valence-corrected chi connectivity index (χ1v) is 5.84. The number of hydrogen-bond donors (Lipinski definition) is 1. The van der Waals surface area contributed by atoms with Gasteiger partial charge in [-0.25, -0.2) is 4.98 Å². The lowest BCUT2D eigenvalue weighted by Gasteiger charge is -2.25. The number of hydrogen-bond acceptors (Lipinski definition) is 2. The topological polar surface area (TPSA) is 29.9 Å². The predicted molar refractivity (Wildman–Crippen MR) is 63.7 cm³/mol. The van der Waals surface area contributed by atoms with Crippen LogP contribution in [0, 0.1) is 0 Å². The second-order valence-electron chi connectivity index (χ2n) is 4.62. The molecule has 1 heterocycles. The summed E-state index contributed by atoms with van der Waals surface area (Å²) in [5.41, 5.74) is 0.208. The zero-order valence-electron chi connectivity index (χ0n) is 10.4. The van der Waals surface area contributed by atoms with Gasteiger partial charge in [-0.3, -0.25) is 0 Å². The normalized spacial score (nSPS) is 12.0. The summed E-state index contributed by atoms with van der Waals surface area (Å²) >= 11 is 0. The molecule has 0 spiro atoms. The molecular formula is C12H23N3. The Morgan fingerprint density at radius 2 is 2.13 bits per heavy atom. The summed E-state index contributed by atoms with van der Waals surface area (Å²) < 4.78 is 2.18. The van der Waals surface area contributed by atoms with Crippen molar-refractivity contribution < 1.29 is 0 Å². The van der Waals surface area contributed by atoms with E-state index in [1.54, 1.807) is 0 Å². The largest absolute Gasteiger partial charge is 0.334 e. The third-order valence-electron chi connectivity index (χ3n) is 2.74. The van der Waals surface area contributed by atoms with Crippen LogP contribution in [0.5, 0.6) is 0 Å². The summed E-state index contributed by atoms with van der Waals surface area (Å²) in [7, 11) is 0. The lowest BCUT2D eigenvalue weighted by molar-refractivity contribution is 0.350. The lowest BCUT2D eigenvalue weighted by Crippen LogP contribution is -2.39. The molecule has 0 atom stereocenters. The van der Waals surface area contributed by atoms with Gasteiger partial charge in [0.15, 0.2) is 0 Å². The van der Waals surface area contributed by atoms with Crippen LogP contribution >= 0.6 is 0 Å². The maximum absolute atomic E-state index is 4.35. The zero-order chi connectivity index (χ0) is 11.3. The molecule has 0 fully saturated rings. The van der Waals surface area contributed by atoms with E-state index in [1.807, 2.05) is 12.4 Å². The molecule has 0 amide bonds. The van der Waals surface area contributed by atoms with E-state index in [-0.39, 0.29) is 5.54 Å². The van der Waals surface area contributed by atoms with Crippen LogP contribution in [0.3, 0.4) is 0 Å². The minimum absolute atomic E-state index is 0.208. The number of aromatic nitrogens is 2. The summed E-state index contributed by atoms with van der Waals surface area (Å²) in [6.45, 7) is 10.7. The molecule has 0 unspecified atom stereocenters. The highest BCUT2D eigenvalue weighted by Gasteiger charge is 2.16. The average Bonchev–Trinajstić information content (AvgIpc) is 2.62. The molecular weight excluding hydrogens is 186 g/mol. The van der Waals surface area contributed by atoms with Crippen molar-refractivity contribution in [3.05, 3.63) is 18.2 Å². The zero-order valence-corrected chi connectivity index (χ0v) is 10.4. The minimum atomic E-state index is 0.208. The van der Waals surface area contributed by atoms with E-state index in [4.69, 9.17) is 0 Å². The van der Waals surface area contributed by atoms with E-state index < -0.39 is 0 Å². The van der Waals surface area contributed by atoms with Gasteiger partial charge in [0.05, 0.1) is 6.54 Å².